The van der Waals surface area contributed by atoms with Crippen LogP contribution < -0.4 is 20.7 Å². The maximum atomic E-state index is 12.8. The van der Waals surface area contributed by atoms with E-state index >= 15 is 0 Å². The Hall–Kier alpha value is -2.61. The van der Waals surface area contributed by atoms with Gasteiger partial charge in [-0.05, 0) is 32.4 Å². The molecule has 3 amide bonds. The average molecular weight is 374 g/mol. The van der Waals surface area contributed by atoms with Crippen LogP contribution in [-0.4, -0.2) is 60.4 Å². The van der Waals surface area contributed by atoms with Crippen LogP contribution in [0.25, 0.3) is 0 Å². The van der Waals surface area contributed by atoms with Gasteiger partial charge in [0.05, 0.1) is 5.69 Å². The van der Waals surface area contributed by atoms with Gasteiger partial charge in [0, 0.05) is 31.6 Å². The summed E-state index contributed by atoms with van der Waals surface area (Å²) in [7, 11) is 0. The number of nitrogens with two attached hydrogens (primary N) is 1. The smallest absolute Gasteiger partial charge is 0.265 e. The number of hydrogen-bond donors (Lipinski definition) is 2. The molecule has 0 unspecified atom stereocenters. The maximum absolute atomic E-state index is 12.8. The largest absolute Gasteiger partial charge is 0.482 e. The van der Waals surface area contributed by atoms with Crippen LogP contribution in [0.1, 0.15) is 26.7 Å². The normalized spacial score (nSPS) is 21.9. The first-order chi connectivity index (χ1) is 12.9. The number of nitrogens with one attached hydrogen (secondary N) is 1. The SMILES string of the molecule is CC(C)NC(=O)[C@@H]1C[C@H](N)CN1C(=O)CCN1C(=O)COc2ccccc21. The average Bonchev–Trinajstić information content (AvgIpc) is 3.02. The van der Waals surface area contributed by atoms with E-state index in [1.54, 1.807) is 21.9 Å². The molecule has 2 atom stereocenters. The zero-order valence-electron chi connectivity index (χ0n) is 15.7. The Balaban J connectivity index is 1.66. The third-order valence-electron chi connectivity index (χ3n) is 4.74. The molecule has 2 heterocycles. The highest BCUT2D eigenvalue weighted by atomic mass is 16.5. The molecule has 1 fully saturated rings. The molecular formula is C19H26N4O4. The lowest BCUT2D eigenvalue weighted by atomic mass is 10.1. The van der Waals surface area contributed by atoms with Gasteiger partial charge < -0.3 is 25.6 Å². The predicted molar refractivity (Wildman–Crippen MR) is 100 cm³/mol. The van der Waals surface area contributed by atoms with E-state index in [1.165, 1.54) is 0 Å². The third kappa shape index (κ3) is 4.21. The second-order valence-electron chi connectivity index (χ2n) is 7.27. The van der Waals surface area contributed by atoms with Crippen LogP contribution in [-0.2, 0) is 14.4 Å². The number of carbonyl (C=O) groups is 3. The van der Waals surface area contributed by atoms with Gasteiger partial charge in [0.2, 0.25) is 11.8 Å². The van der Waals surface area contributed by atoms with Crippen molar-refractivity contribution in [3.8, 4) is 5.75 Å². The Morgan fingerprint density at radius 1 is 1.33 bits per heavy atom. The number of likely N-dealkylation sites (tertiary alicyclic amines) is 1. The zero-order valence-corrected chi connectivity index (χ0v) is 15.7. The van der Waals surface area contributed by atoms with Crippen LogP contribution in [0.3, 0.4) is 0 Å². The van der Waals surface area contributed by atoms with Gasteiger partial charge in [0.15, 0.2) is 6.61 Å². The van der Waals surface area contributed by atoms with Gasteiger partial charge in [0.25, 0.3) is 5.91 Å². The highest BCUT2D eigenvalue weighted by Crippen LogP contribution is 2.31. The number of para-hydroxylation sites is 2. The minimum Gasteiger partial charge on any atom is -0.482 e. The summed E-state index contributed by atoms with van der Waals surface area (Å²) in [6, 6.07) is 6.46. The Labute approximate surface area is 158 Å². The summed E-state index contributed by atoms with van der Waals surface area (Å²) >= 11 is 0. The molecule has 3 N–H and O–H groups in total. The summed E-state index contributed by atoms with van der Waals surface area (Å²) in [5.74, 6) is 0.0818. The topological polar surface area (TPSA) is 105 Å². The lowest BCUT2D eigenvalue weighted by molar-refractivity contribution is -0.138. The van der Waals surface area contributed by atoms with Crippen LogP contribution in [0.2, 0.25) is 0 Å². The molecule has 1 aromatic carbocycles. The van der Waals surface area contributed by atoms with Crippen LogP contribution in [0.15, 0.2) is 24.3 Å². The highest BCUT2D eigenvalue weighted by molar-refractivity contribution is 5.98. The summed E-state index contributed by atoms with van der Waals surface area (Å²) in [5, 5.41) is 2.85. The number of anilines is 1. The zero-order chi connectivity index (χ0) is 19.6. The lowest BCUT2D eigenvalue weighted by Gasteiger charge is -2.30. The van der Waals surface area contributed by atoms with Gasteiger partial charge in [-0.15, -0.1) is 0 Å². The minimum absolute atomic E-state index is 0.00579. The number of amides is 3. The van der Waals surface area contributed by atoms with Gasteiger partial charge >= 0.3 is 0 Å². The van der Waals surface area contributed by atoms with E-state index in [4.69, 9.17) is 10.5 Å². The van der Waals surface area contributed by atoms with Crippen molar-refractivity contribution in [2.75, 3.05) is 24.6 Å². The van der Waals surface area contributed by atoms with E-state index in [9.17, 15) is 14.4 Å². The van der Waals surface area contributed by atoms with Crippen LogP contribution in [0, 0.1) is 0 Å². The van der Waals surface area contributed by atoms with E-state index in [0.717, 1.165) is 0 Å². The van der Waals surface area contributed by atoms with Crippen LogP contribution in [0.5, 0.6) is 5.75 Å². The molecule has 0 aliphatic carbocycles. The Morgan fingerprint density at radius 3 is 2.81 bits per heavy atom. The fourth-order valence-electron chi connectivity index (χ4n) is 3.52. The number of rotatable bonds is 5. The molecule has 8 heteroatoms. The standard InChI is InChI=1S/C19H26N4O4/c1-12(2)21-19(26)15-9-13(20)10-23(15)17(24)7-8-22-14-5-3-4-6-16(14)27-11-18(22)25/h3-6,12-13,15H,7-11,20H2,1-2H3,(H,21,26)/t13-,15-/m0/s1. The number of carbonyl (C=O) groups excluding carboxylic acids is 3. The summed E-state index contributed by atoms with van der Waals surface area (Å²) in [4.78, 5) is 40.5. The molecule has 2 aliphatic heterocycles. The monoisotopic (exact) mass is 374 g/mol. The first-order valence-electron chi connectivity index (χ1n) is 9.24. The van der Waals surface area contributed by atoms with Gasteiger partial charge in [-0.1, -0.05) is 12.1 Å². The van der Waals surface area contributed by atoms with Crippen molar-refractivity contribution in [1.82, 2.24) is 10.2 Å². The second-order valence-corrected chi connectivity index (χ2v) is 7.27. The van der Waals surface area contributed by atoms with E-state index in [1.807, 2.05) is 26.0 Å². The molecule has 1 saturated heterocycles. The molecule has 8 nitrogen and oxygen atoms in total. The summed E-state index contributed by atoms with van der Waals surface area (Å²) in [5.41, 5.74) is 6.65. The fourth-order valence-corrected chi connectivity index (χ4v) is 3.52. The molecule has 0 bridgehead atoms. The molecule has 0 radical (unpaired) electrons. The lowest BCUT2D eigenvalue weighted by Crippen LogP contribution is -2.48. The summed E-state index contributed by atoms with van der Waals surface area (Å²) < 4.78 is 5.42. The van der Waals surface area contributed by atoms with E-state index < -0.39 is 6.04 Å². The van der Waals surface area contributed by atoms with Crippen molar-refractivity contribution in [3.05, 3.63) is 24.3 Å². The van der Waals surface area contributed by atoms with Crippen molar-refractivity contribution in [2.24, 2.45) is 5.73 Å². The molecule has 0 aromatic heterocycles. The number of fused-ring (bicyclic) bond motifs is 1. The van der Waals surface area contributed by atoms with Crippen molar-refractivity contribution < 1.29 is 19.1 Å². The van der Waals surface area contributed by atoms with Crippen molar-refractivity contribution >= 4 is 23.4 Å². The molecule has 146 valence electrons. The van der Waals surface area contributed by atoms with Crippen LogP contribution >= 0.6 is 0 Å². The molecule has 1 aromatic rings. The molecular weight excluding hydrogens is 348 g/mol. The van der Waals surface area contributed by atoms with E-state index in [-0.39, 0.29) is 49.4 Å². The number of benzene rings is 1. The minimum atomic E-state index is -0.553. The first-order valence-corrected chi connectivity index (χ1v) is 9.24. The van der Waals surface area contributed by atoms with Crippen LogP contribution in [0.4, 0.5) is 5.69 Å². The first kappa shape index (κ1) is 19.2. The second kappa shape index (κ2) is 7.96. The molecule has 27 heavy (non-hydrogen) atoms. The maximum Gasteiger partial charge on any atom is 0.265 e. The molecule has 2 aliphatic rings. The van der Waals surface area contributed by atoms with Gasteiger partial charge in [-0.3, -0.25) is 14.4 Å². The van der Waals surface area contributed by atoms with Gasteiger partial charge in [-0.2, -0.15) is 0 Å². The third-order valence-corrected chi connectivity index (χ3v) is 4.74. The van der Waals surface area contributed by atoms with Gasteiger partial charge in [0.1, 0.15) is 11.8 Å². The highest BCUT2D eigenvalue weighted by Gasteiger charge is 2.38. The Kier molecular flexibility index (Phi) is 5.65. The van der Waals surface area contributed by atoms with E-state index in [2.05, 4.69) is 5.32 Å². The number of ether oxygens (including phenoxy) is 1. The summed E-state index contributed by atoms with van der Waals surface area (Å²) in [6.07, 6.45) is 0.571. The van der Waals surface area contributed by atoms with Crippen molar-refractivity contribution in [1.29, 1.82) is 0 Å². The Morgan fingerprint density at radius 2 is 2.07 bits per heavy atom. The van der Waals surface area contributed by atoms with Crippen molar-refractivity contribution in [3.63, 3.8) is 0 Å². The predicted octanol–water partition coefficient (Wildman–Crippen LogP) is 0.255. The number of nitrogens with zero attached hydrogens (tertiary/aromatic N) is 2. The molecule has 3 rings (SSSR count). The fraction of sp³-hybridized carbons (Fsp3) is 0.526. The van der Waals surface area contributed by atoms with Gasteiger partial charge in [-0.25, -0.2) is 0 Å². The van der Waals surface area contributed by atoms with E-state index in [0.29, 0.717) is 24.4 Å². The number of hydrogen-bond acceptors (Lipinski definition) is 5. The van der Waals surface area contributed by atoms with Crippen molar-refractivity contribution in [2.45, 2.75) is 44.8 Å². The molecule has 0 spiro atoms. The Bertz CT molecular complexity index is 736. The quantitative estimate of drug-likeness (QED) is 0.769. The summed E-state index contributed by atoms with van der Waals surface area (Å²) in [6.45, 7) is 4.30. The molecule has 0 saturated carbocycles.